The monoisotopic (exact) mass is 429 g/mol. The van der Waals surface area contributed by atoms with Crippen LogP contribution in [0.5, 0.6) is 5.75 Å². The van der Waals surface area contributed by atoms with Gasteiger partial charge in [0.15, 0.2) is 0 Å². The molecular formula is C26H27N3O3. The number of amides is 2. The van der Waals surface area contributed by atoms with Crippen molar-refractivity contribution in [3.8, 4) is 5.75 Å². The Morgan fingerprint density at radius 2 is 1.78 bits per heavy atom. The molecule has 2 heterocycles. The first-order valence-electron chi connectivity index (χ1n) is 10.9. The minimum atomic E-state index is -0.198. The summed E-state index contributed by atoms with van der Waals surface area (Å²) in [5.74, 6) is 0.0918. The predicted molar refractivity (Wildman–Crippen MR) is 124 cm³/mol. The number of phenolic OH excluding ortho intramolecular Hbond substituents is 1. The third-order valence-electron chi connectivity index (χ3n) is 5.86. The number of hydrogen-bond donors (Lipinski definition) is 2. The summed E-state index contributed by atoms with van der Waals surface area (Å²) < 4.78 is 0. The number of carbonyl (C=O) groups is 2. The summed E-state index contributed by atoms with van der Waals surface area (Å²) in [4.78, 5) is 31.6. The lowest BCUT2D eigenvalue weighted by Crippen LogP contribution is -2.41. The van der Waals surface area contributed by atoms with Gasteiger partial charge in [-0.15, -0.1) is 0 Å². The molecule has 6 nitrogen and oxygen atoms in total. The van der Waals surface area contributed by atoms with Crippen molar-refractivity contribution in [1.29, 1.82) is 0 Å². The van der Waals surface area contributed by atoms with Crippen molar-refractivity contribution < 1.29 is 14.7 Å². The molecule has 2 amide bonds. The third-order valence-corrected chi connectivity index (χ3v) is 5.86. The maximum Gasteiger partial charge on any atom is 0.257 e. The van der Waals surface area contributed by atoms with Gasteiger partial charge in [-0.1, -0.05) is 42.5 Å². The van der Waals surface area contributed by atoms with Gasteiger partial charge in [0.1, 0.15) is 11.6 Å². The summed E-state index contributed by atoms with van der Waals surface area (Å²) in [6.45, 7) is 2.89. The highest BCUT2D eigenvalue weighted by atomic mass is 16.3. The highest BCUT2D eigenvalue weighted by Crippen LogP contribution is 2.25. The van der Waals surface area contributed by atoms with Crippen molar-refractivity contribution >= 4 is 17.6 Å². The van der Waals surface area contributed by atoms with E-state index in [1.807, 2.05) is 49.4 Å². The number of benzene rings is 2. The van der Waals surface area contributed by atoms with Crippen LogP contribution < -0.4 is 5.32 Å². The fourth-order valence-corrected chi connectivity index (χ4v) is 3.98. The minimum Gasteiger partial charge on any atom is -0.507 e. The summed E-state index contributed by atoms with van der Waals surface area (Å²) in [7, 11) is 0. The van der Waals surface area contributed by atoms with Crippen LogP contribution in [0.4, 0.5) is 5.82 Å². The van der Waals surface area contributed by atoms with E-state index >= 15 is 0 Å². The number of hydrogen-bond acceptors (Lipinski definition) is 4. The summed E-state index contributed by atoms with van der Waals surface area (Å²) in [6, 6.07) is 18.9. The molecule has 1 aliphatic heterocycles. The maximum absolute atomic E-state index is 13.1. The van der Waals surface area contributed by atoms with E-state index in [-0.39, 0.29) is 23.5 Å². The minimum absolute atomic E-state index is 0.0166. The second-order valence-electron chi connectivity index (χ2n) is 8.29. The van der Waals surface area contributed by atoms with Gasteiger partial charge in [0.05, 0.1) is 5.56 Å². The van der Waals surface area contributed by atoms with Crippen molar-refractivity contribution in [2.24, 2.45) is 5.92 Å². The fourth-order valence-electron chi connectivity index (χ4n) is 3.98. The molecule has 3 aromatic rings. The number of piperidine rings is 1. The highest BCUT2D eigenvalue weighted by Gasteiger charge is 2.29. The van der Waals surface area contributed by atoms with Gasteiger partial charge in [0.2, 0.25) is 5.91 Å². The molecule has 1 saturated heterocycles. The quantitative estimate of drug-likeness (QED) is 0.638. The van der Waals surface area contributed by atoms with Gasteiger partial charge in [-0.05, 0) is 61.1 Å². The SMILES string of the molecule is Cc1ccc(NC(=O)C2CCN(C(=O)c3cc(Cc4ccccc4)ccc3O)CC2)nc1. The Bertz CT molecular complexity index is 1090. The van der Waals surface area contributed by atoms with E-state index in [1.54, 1.807) is 29.3 Å². The van der Waals surface area contributed by atoms with Gasteiger partial charge < -0.3 is 15.3 Å². The second-order valence-corrected chi connectivity index (χ2v) is 8.29. The number of nitrogens with one attached hydrogen (secondary N) is 1. The predicted octanol–water partition coefficient (Wildman–Crippen LogP) is 4.18. The molecule has 1 aromatic heterocycles. The van der Waals surface area contributed by atoms with Gasteiger partial charge in [0.25, 0.3) is 5.91 Å². The van der Waals surface area contributed by atoms with Crippen molar-refractivity contribution in [3.05, 3.63) is 89.1 Å². The molecule has 2 N–H and O–H groups in total. The molecule has 0 bridgehead atoms. The molecule has 32 heavy (non-hydrogen) atoms. The van der Waals surface area contributed by atoms with Crippen molar-refractivity contribution in [2.75, 3.05) is 18.4 Å². The van der Waals surface area contributed by atoms with Gasteiger partial charge in [-0.2, -0.15) is 0 Å². The Morgan fingerprint density at radius 1 is 1.03 bits per heavy atom. The fraction of sp³-hybridized carbons (Fsp3) is 0.269. The molecular weight excluding hydrogens is 402 g/mol. The van der Waals surface area contributed by atoms with Crippen LogP contribution in [0.3, 0.4) is 0 Å². The molecule has 0 atom stereocenters. The number of anilines is 1. The molecule has 4 rings (SSSR count). The molecule has 1 fully saturated rings. The number of likely N-dealkylation sites (tertiary alicyclic amines) is 1. The lowest BCUT2D eigenvalue weighted by molar-refractivity contribution is -0.121. The Balaban J connectivity index is 1.37. The zero-order valence-electron chi connectivity index (χ0n) is 18.1. The van der Waals surface area contributed by atoms with Crippen molar-refractivity contribution in [2.45, 2.75) is 26.2 Å². The molecule has 1 aliphatic rings. The van der Waals surface area contributed by atoms with Gasteiger partial charge >= 0.3 is 0 Å². The molecule has 0 radical (unpaired) electrons. The van der Waals surface area contributed by atoms with Crippen LogP contribution in [-0.2, 0) is 11.2 Å². The summed E-state index contributed by atoms with van der Waals surface area (Å²) >= 11 is 0. The van der Waals surface area contributed by atoms with Crippen LogP contribution >= 0.6 is 0 Å². The Kier molecular flexibility index (Phi) is 6.50. The van der Waals surface area contributed by atoms with Crippen LogP contribution in [0.1, 0.15) is 39.9 Å². The number of aromatic nitrogens is 1. The number of nitrogens with zero attached hydrogens (tertiary/aromatic N) is 2. The van der Waals surface area contributed by atoms with E-state index in [1.165, 1.54) is 0 Å². The van der Waals surface area contributed by atoms with Gasteiger partial charge in [0, 0.05) is 25.2 Å². The maximum atomic E-state index is 13.1. The highest BCUT2D eigenvalue weighted by molar-refractivity contribution is 5.97. The Labute approximate surface area is 187 Å². The van der Waals surface area contributed by atoms with Crippen LogP contribution in [0.15, 0.2) is 66.9 Å². The molecule has 0 aliphatic carbocycles. The lowest BCUT2D eigenvalue weighted by Gasteiger charge is -2.31. The topological polar surface area (TPSA) is 82.5 Å². The average Bonchev–Trinajstić information content (AvgIpc) is 2.82. The van der Waals surface area contributed by atoms with Crippen LogP contribution in [0.2, 0.25) is 0 Å². The zero-order chi connectivity index (χ0) is 22.5. The first-order chi connectivity index (χ1) is 15.5. The smallest absolute Gasteiger partial charge is 0.257 e. The molecule has 6 heteroatoms. The van der Waals surface area contributed by atoms with E-state index in [0.717, 1.165) is 16.7 Å². The number of aryl methyl sites for hydroxylation is 1. The zero-order valence-corrected chi connectivity index (χ0v) is 18.1. The van der Waals surface area contributed by atoms with Crippen molar-refractivity contribution in [3.63, 3.8) is 0 Å². The van der Waals surface area contributed by atoms with E-state index in [9.17, 15) is 14.7 Å². The summed E-state index contributed by atoms with van der Waals surface area (Å²) in [5, 5.41) is 13.2. The largest absolute Gasteiger partial charge is 0.507 e. The molecule has 2 aromatic carbocycles. The third kappa shape index (κ3) is 5.14. The Hall–Kier alpha value is -3.67. The van der Waals surface area contributed by atoms with E-state index in [0.29, 0.717) is 43.7 Å². The number of phenols is 1. The summed E-state index contributed by atoms with van der Waals surface area (Å²) in [6.07, 6.45) is 3.56. The van der Waals surface area contributed by atoms with Gasteiger partial charge in [-0.25, -0.2) is 4.98 Å². The first kappa shape index (κ1) is 21.6. The number of rotatable bonds is 5. The molecule has 164 valence electrons. The number of pyridine rings is 1. The normalized spacial score (nSPS) is 14.2. The first-order valence-corrected chi connectivity index (χ1v) is 10.9. The van der Waals surface area contributed by atoms with Crippen LogP contribution in [-0.4, -0.2) is 39.9 Å². The molecule has 0 spiro atoms. The lowest BCUT2D eigenvalue weighted by atomic mass is 9.95. The standard InChI is InChI=1S/C26H27N3O3/c1-18-7-10-24(27-17-18)28-25(31)21-11-13-29(14-12-21)26(32)22-16-20(8-9-23(22)30)15-19-5-3-2-4-6-19/h2-10,16-17,21,30H,11-15H2,1H3,(H,27,28,31). The number of aromatic hydroxyl groups is 1. The summed E-state index contributed by atoms with van der Waals surface area (Å²) in [5.41, 5.74) is 3.46. The van der Waals surface area contributed by atoms with Crippen LogP contribution in [0, 0.1) is 12.8 Å². The Morgan fingerprint density at radius 3 is 2.47 bits per heavy atom. The van der Waals surface area contributed by atoms with Crippen LogP contribution in [0.25, 0.3) is 0 Å². The van der Waals surface area contributed by atoms with E-state index in [4.69, 9.17) is 0 Å². The second kappa shape index (κ2) is 9.64. The van der Waals surface area contributed by atoms with Gasteiger partial charge in [-0.3, -0.25) is 9.59 Å². The number of carbonyl (C=O) groups excluding carboxylic acids is 2. The van der Waals surface area contributed by atoms with E-state index < -0.39 is 0 Å². The molecule has 0 unspecified atom stereocenters. The molecule has 0 saturated carbocycles. The van der Waals surface area contributed by atoms with Crippen molar-refractivity contribution in [1.82, 2.24) is 9.88 Å². The van der Waals surface area contributed by atoms with E-state index in [2.05, 4.69) is 10.3 Å². The average molecular weight is 430 g/mol.